The molecule has 4 rings (SSSR count). The van der Waals surface area contributed by atoms with E-state index in [1.807, 2.05) is 24.3 Å². The van der Waals surface area contributed by atoms with Crippen LogP contribution in [0.3, 0.4) is 0 Å². The van der Waals surface area contributed by atoms with Gasteiger partial charge in [0, 0.05) is 28.7 Å². The topological polar surface area (TPSA) is 62.7 Å². The van der Waals surface area contributed by atoms with Gasteiger partial charge in [0.25, 0.3) is 5.91 Å². The van der Waals surface area contributed by atoms with Gasteiger partial charge in [0.1, 0.15) is 11.4 Å². The number of para-hydroxylation sites is 1. The van der Waals surface area contributed by atoms with Crippen molar-refractivity contribution in [2.75, 3.05) is 20.2 Å². The molecule has 0 aliphatic carbocycles. The van der Waals surface area contributed by atoms with Crippen LogP contribution in [0, 0.1) is 0 Å². The Morgan fingerprint density at radius 1 is 1.25 bits per heavy atom. The standard InChI is InChI=1S/C22H21ClN2O3/c1-28-20-6-3-2-5-18(20)22(27)10-4-12-25(14-22)21(26)16-9-11-24-19-8-7-15(23)13-17(16)19/h2-3,5-9,11,13,27H,4,10,12,14H2,1H3/t22-/m0/s1. The molecule has 28 heavy (non-hydrogen) atoms. The molecule has 6 heteroatoms. The first-order chi connectivity index (χ1) is 13.5. The van der Waals surface area contributed by atoms with Crippen molar-refractivity contribution in [1.82, 2.24) is 9.88 Å². The minimum absolute atomic E-state index is 0.136. The van der Waals surface area contributed by atoms with Crippen LogP contribution in [0.2, 0.25) is 5.02 Å². The Morgan fingerprint density at radius 3 is 2.89 bits per heavy atom. The fraction of sp³-hybridized carbons (Fsp3) is 0.273. The van der Waals surface area contributed by atoms with Crippen LogP contribution < -0.4 is 4.74 Å². The molecule has 3 aromatic rings. The van der Waals surface area contributed by atoms with Crippen LogP contribution in [0.1, 0.15) is 28.8 Å². The monoisotopic (exact) mass is 396 g/mol. The molecule has 144 valence electrons. The highest BCUT2D eigenvalue weighted by Gasteiger charge is 2.39. The molecular weight excluding hydrogens is 376 g/mol. The van der Waals surface area contributed by atoms with Gasteiger partial charge in [-0.1, -0.05) is 29.8 Å². The summed E-state index contributed by atoms with van der Waals surface area (Å²) in [4.78, 5) is 19.3. The molecule has 1 fully saturated rings. The van der Waals surface area contributed by atoms with Crippen molar-refractivity contribution in [3.8, 4) is 5.75 Å². The van der Waals surface area contributed by atoms with Crippen molar-refractivity contribution in [2.24, 2.45) is 0 Å². The summed E-state index contributed by atoms with van der Waals surface area (Å²) >= 11 is 6.13. The third kappa shape index (κ3) is 3.32. The predicted molar refractivity (Wildman–Crippen MR) is 109 cm³/mol. The molecular formula is C22H21ClN2O3. The number of ether oxygens (including phenoxy) is 1. The van der Waals surface area contributed by atoms with Crippen molar-refractivity contribution in [3.63, 3.8) is 0 Å². The van der Waals surface area contributed by atoms with Crippen LogP contribution in [0.5, 0.6) is 5.75 Å². The van der Waals surface area contributed by atoms with Gasteiger partial charge in [0.2, 0.25) is 0 Å². The molecule has 0 bridgehead atoms. The number of methoxy groups -OCH3 is 1. The first-order valence-corrected chi connectivity index (χ1v) is 9.59. The maximum absolute atomic E-state index is 13.3. The lowest BCUT2D eigenvalue weighted by atomic mass is 9.85. The first kappa shape index (κ1) is 18.7. The van der Waals surface area contributed by atoms with Crippen LogP contribution in [0.15, 0.2) is 54.7 Å². The molecule has 2 aromatic carbocycles. The maximum atomic E-state index is 13.3. The number of nitrogens with zero attached hydrogens (tertiary/aromatic N) is 2. The Morgan fingerprint density at radius 2 is 2.07 bits per heavy atom. The average Bonchev–Trinajstić information content (AvgIpc) is 2.72. The Balaban J connectivity index is 1.69. The number of hydrogen-bond acceptors (Lipinski definition) is 4. The Hall–Kier alpha value is -2.63. The second-order valence-electron chi connectivity index (χ2n) is 7.08. The third-order valence-electron chi connectivity index (χ3n) is 5.30. The number of amides is 1. The largest absolute Gasteiger partial charge is 0.496 e. The predicted octanol–water partition coefficient (Wildman–Crippen LogP) is 4.02. The SMILES string of the molecule is COc1ccccc1[C@]1(O)CCCN(C(=O)c2ccnc3ccc(Cl)cc23)C1. The summed E-state index contributed by atoms with van der Waals surface area (Å²) in [5, 5.41) is 12.6. The Labute approximate surface area is 168 Å². The van der Waals surface area contributed by atoms with E-state index in [9.17, 15) is 9.90 Å². The second-order valence-corrected chi connectivity index (χ2v) is 7.52. The zero-order chi connectivity index (χ0) is 19.7. The highest BCUT2D eigenvalue weighted by Crippen LogP contribution is 2.37. The number of likely N-dealkylation sites (tertiary alicyclic amines) is 1. The number of rotatable bonds is 3. The van der Waals surface area contributed by atoms with Crippen LogP contribution in [0.4, 0.5) is 0 Å². The fourth-order valence-corrected chi connectivity index (χ4v) is 4.11. The zero-order valence-electron chi connectivity index (χ0n) is 15.6. The number of carbonyl (C=O) groups excluding carboxylic acids is 1. The maximum Gasteiger partial charge on any atom is 0.254 e. The van der Waals surface area contributed by atoms with E-state index in [-0.39, 0.29) is 12.5 Å². The lowest BCUT2D eigenvalue weighted by Gasteiger charge is -2.40. The van der Waals surface area contributed by atoms with Gasteiger partial charge in [0.05, 0.1) is 24.7 Å². The van der Waals surface area contributed by atoms with Crippen LogP contribution in [-0.4, -0.2) is 41.1 Å². The van der Waals surface area contributed by atoms with E-state index in [2.05, 4.69) is 4.98 Å². The lowest BCUT2D eigenvalue weighted by molar-refractivity contribution is -0.0302. The van der Waals surface area contributed by atoms with Gasteiger partial charge in [-0.15, -0.1) is 0 Å². The zero-order valence-corrected chi connectivity index (χ0v) is 16.3. The fourth-order valence-electron chi connectivity index (χ4n) is 3.93. The van der Waals surface area contributed by atoms with E-state index >= 15 is 0 Å². The lowest BCUT2D eigenvalue weighted by Crippen LogP contribution is -2.48. The van der Waals surface area contributed by atoms with Crippen molar-refractivity contribution in [2.45, 2.75) is 18.4 Å². The van der Waals surface area contributed by atoms with Crippen LogP contribution >= 0.6 is 11.6 Å². The van der Waals surface area contributed by atoms with Crippen molar-refractivity contribution in [3.05, 3.63) is 70.9 Å². The molecule has 0 spiro atoms. The molecule has 1 saturated heterocycles. The molecule has 1 aromatic heterocycles. The van der Waals surface area contributed by atoms with Crippen molar-refractivity contribution >= 4 is 28.4 Å². The molecule has 1 aliphatic heterocycles. The number of aliphatic hydroxyl groups is 1. The Kier molecular flexibility index (Phi) is 4.96. The van der Waals surface area contributed by atoms with Gasteiger partial charge in [-0.3, -0.25) is 9.78 Å². The quantitative estimate of drug-likeness (QED) is 0.726. The molecule has 1 atom stereocenters. The van der Waals surface area contributed by atoms with Gasteiger partial charge >= 0.3 is 0 Å². The van der Waals surface area contributed by atoms with E-state index in [1.165, 1.54) is 0 Å². The molecule has 1 N–H and O–H groups in total. The molecule has 2 heterocycles. The highest BCUT2D eigenvalue weighted by molar-refractivity contribution is 6.31. The number of carbonyl (C=O) groups is 1. The summed E-state index contributed by atoms with van der Waals surface area (Å²) in [6.45, 7) is 0.789. The number of β-amino-alcohol motifs (C(OH)–C–C–N with tert-alkyl or cyclic N) is 1. The van der Waals surface area contributed by atoms with Gasteiger partial charge in [-0.05, 0) is 43.2 Å². The smallest absolute Gasteiger partial charge is 0.254 e. The summed E-state index contributed by atoms with van der Waals surface area (Å²) in [5.41, 5.74) is 0.808. The van der Waals surface area contributed by atoms with Gasteiger partial charge in [-0.25, -0.2) is 0 Å². The van der Waals surface area contributed by atoms with Crippen molar-refractivity contribution < 1.29 is 14.6 Å². The molecule has 5 nitrogen and oxygen atoms in total. The van der Waals surface area contributed by atoms with E-state index in [0.717, 1.165) is 0 Å². The number of aromatic nitrogens is 1. The molecule has 1 amide bonds. The summed E-state index contributed by atoms with van der Waals surface area (Å²) in [7, 11) is 1.58. The number of fused-ring (bicyclic) bond motifs is 1. The summed E-state index contributed by atoms with van der Waals surface area (Å²) in [6, 6.07) is 14.4. The van der Waals surface area contributed by atoms with E-state index in [0.29, 0.717) is 52.2 Å². The Bertz CT molecular complexity index is 1040. The van der Waals surface area contributed by atoms with E-state index < -0.39 is 5.60 Å². The normalized spacial score (nSPS) is 19.6. The van der Waals surface area contributed by atoms with E-state index in [1.54, 1.807) is 42.5 Å². The number of piperidine rings is 1. The summed E-state index contributed by atoms with van der Waals surface area (Å²) in [6.07, 6.45) is 2.89. The number of pyridine rings is 1. The minimum atomic E-state index is -1.15. The number of benzene rings is 2. The summed E-state index contributed by atoms with van der Waals surface area (Å²) < 4.78 is 5.43. The highest BCUT2D eigenvalue weighted by atomic mass is 35.5. The van der Waals surface area contributed by atoms with E-state index in [4.69, 9.17) is 16.3 Å². The van der Waals surface area contributed by atoms with Crippen LogP contribution in [-0.2, 0) is 5.60 Å². The van der Waals surface area contributed by atoms with Gasteiger partial charge < -0.3 is 14.7 Å². The second kappa shape index (κ2) is 7.41. The molecule has 1 aliphatic rings. The summed E-state index contributed by atoms with van der Waals surface area (Å²) in [5.74, 6) is 0.489. The first-order valence-electron chi connectivity index (χ1n) is 9.21. The molecule has 0 unspecified atom stereocenters. The van der Waals surface area contributed by atoms with Crippen LogP contribution in [0.25, 0.3) is 10.9 Å². The molecule has 0 radical (unpaired) electrons. The average molecular weight is 397 g/mol. The third-order valence-corrected chi connectivity index (χ3v) is 5.54. The van der Waals surface area contributed by atoms with Crippen molar-refractivity contribution in [1.29, 1.82) is 0 Å². The van der Waals surface area contributed by atoms with Gasteiger partial charge in [0.15, 0.2) is 0 Å². The van der Waals surface area contributed by atoms with Gasteiger partial charge in [-0.2, -0.15) is 0 Å². The minimum Gasteiger partial charge on any atom is -0.496 e. The number of hydrogen-bond donors (Lipinski definition) is 1. The number of halogens is 1. The molecule has 0 saturated carbocycles.